The van der Waals surface area contributed by atoms with E-state index in [4.69, 9.17) is 0 Å². The Morgan fingerprint density at radius 1 is 0.733 bits per heavy atom. The molecule has 3 aromatic rings. The van der Waals surface area contributed by atoms with Gasteiger partial charge in [0.1, 0.15) is 0 Å². The predicted molar refractivity (Wildman–Crippen MR) is 125 cm³/mol. The first-order valence-electron chi connectivity index (χ1n) is 10.6. The number of benzene rings is 3. The average molecular weight is 417 g/mol. The molecule has 30 heavy (non-hydrogen) atoms. The molecule has 1 saturated heterocycles. The molecular weight excluding hydrogens is 388 g/mol. The first-order chi connectivity index (χ1) is 14.8. The van der Waals surface area contributed by atoms with Gasteiger partial charge in [0.05, 0.1) is 6.04 Å². The monoisotopic (exact) mass is 416 g/mol. The first kappa shape index (κ1) is 20.7. The van der Waals surface area contributed by atoms with Gasteiger partial charge >= 0.3 is 0 Å². The number of amides is 1. The molecule has 1 fully saturated rings. The van der Waals surface area contributed by atoms with Crippen LogP contribution in [0.15, 0.2) is 95.9 Å². The number of hydrogen-bond acceptors (Lipinski definition) is 3. The van der Waals surface area contributed by atoms with E-state index in [1.807, 2.05) is 23.1 Å². The molecule has 0 unspecified atom stereocenters. The van der Waals surface area contributed by atoms with Crippen molar-refractivity contribution in [3.05, 3.63) is 102 Å². The van der Waals surface area contributed by atoms with Gasteiger partial charge in [-0.2, -0.15) is 0 Å². The Labute approximate surface area is 183 Å². The molecule has 3 nitrogen and oxygen atoms in total. The Hall–Kier alpha value is -2.56. The lowest BCUT2D eigenvalue weighted by Crippen LogP contribution is -2.49. The summed E-state index contributed by atoms with van der Waals surface area (Å²) in [5, 5.41) is 0. The Morgan fingerprint density at radius 2 is 1.23 bits per heavy atom. The van der Waals surface area contributed by atoms with Gasteiger partial charge in [0.15, 0.2) is 0 Å². The van der Waals surface area contributed by atoms with E-state index in [1.165, 1.54) is 16.0 Å². The van der Waals surface area contributed by atoms with Gasteiger partial charge in [-0.05, 0) is 23.3 Å². The summed E-state index contributed by atoms with van der Waals surface area (Å²) < 4.78 is 0. The molecule has 0 atom stereocenters. The van der Waals surface area contributed by atoms with Crippen LogP contribution < -0.4 is 0 Å². The molecule has 0 radical (unpaired) electrons. The van der Waals surface area contributed by atoms with Gasteiger partial charge in [0.2, 0.25) is 5.91 Å². The highest BCUT2D eigenvalue weighted by Crippen LogP contribution is 2.29. The van der Waals surface area contributed by atoms with Crippen LogP contribution in [0.5, 0.6) is 0 Å². The summed E-state index contributed by atoms with van der Waals surface area (Å²) in [6.07, 6.45) is 0.598. The van der Waals surface area contributed by atoms with Crippen LogP contribution in [0.1, 0.15) is 23.6 Å². The summed E-state index contributed by atoms with van der Waals surface area (Å²) in [7, 11) is 0. The van der Waals surface area contributed by atoms with Gasteiger partial charge in [-0.1, -0.05) is 78.9 Å². The van der Waals surface area contributed by atoms with Crippen LogP contribution in [-0.2, 0) is 4.79 Å². The van der Waals surface area contributed by atoms with Crippen molar-refractivity contribution in [2.75, 3.05) is 31.9 Å². The molecule has 0 bridgehead atoms. The number of thioether (sulfide) groups is 1. The molecule has 1 heterocycles. The van der Waals surface area contributed by atoms with Gasteiger partial charge in [-0.25, -0.2) is 0 Å². The zero-order valence-corrected chi connectivity index (χ0v) is 18.0. The first-order valence-corrected chi connectivity index (χ1v) is 11.6. The van der Waals surface area contributed by atoms with Crippen LogP contribution in [-0.4, -0.2) is 47.6 Å². The molecule has 1 aliphatic rings. The molecule has 4 rings (SSSR count). The number of piperazine rings is 1. The van der Waals surface area contributed by atoms with Crippen molar-refractivity contribution in [1.29, 1.82) is 0 Å². The molecule has 3 aromatic carbocycles. The number of carbonyl (C=O) groups is 1. The van der Waals surface area contributed by atoms with Crippen LogP contribution in [0.25, 0.3) is 0 Å². The Bertz CT molecular complexity index is 870. The van der Waals surface area contributed by atoms with Gasteiger partial charge in [0.25, 0.3) is 0 Å². The fourth-order valence-electron chi connectivity index (χ4n) is 4.05. The summed E-state index contributed by atoms with van der Waals surface area (Å²) in [5.74, 6) is 1.11. The molecule has 4 heteroatoms. The van der Waals surface area contributed by atoms with E-state index >= 15 is 0 Å². The van der Waals surface area contributed by atoms with Gasteiger partial charge in [-0.15, -0.1) is 11.8 Å². The summed E-state index contributed by atoms with van der Waals surface area (Å²) in [6, 6.07) is 31.9. The van der Waals surface area contributed by atoms with Crippen LogP contribution in [0.2, 0.25) is 0 Å². The summed E-state index contributed by atoms with van der Waals surface area (Å²) in [6.45, 7) is 3.38. The molecular formula is C26H28N2OS. The van der Waals surface area contributed by atoms with Crippen molar-refractivity contribution in [3.8, 4) is 0 Å². The highest BCUT2D eigenvalue weighted by molar-refractivity contribution is 7.99. The largest absolute Gasteiger partial charge is 0.340 e. The van der Waals surface area contributed by atoms with Gasteiger partial charge in [-0.3, -0.25) is 9.69 Å². The maximum atomic E-state index is 12.7. The number of carbonyl (C=O) groups excluding carboxylic acids is 1. The van der Waals surface area contributed by atoms with E-state index in [1.54, 1.807) is 11.8 Å². The molecule has 1 aliphatic heterocycles. The predicted octanol–water partition coefficient (Wildman–Crippen LogP) is 5.10. The Kier molecular flexibility index (Phi) is 7.22. The molecule has 1 amide bonds. The van der Waals surface area contributed by atoms with E-state index < -0.39 is 0 Å². The highest BCUT2D eigenvalue weighted by Gasteiger charge is 2.27. The number of nitrogens with zero attached hydrogens (tertiary/aromatic N) is 2. The van der Waals surface area contributed by atoms with E-state index in [-0.39, 0.29) is 11.9 Å². The fourth-order valence-corrected chi connectivity index (χ4v) is 4.91. The molecule has 154 valence electrons. The second-order valence-electron chi connectivity index (χ2n) is 7.55. The van der Waals surface area contributed by atoms with Crippen LogP contribution in [0.3, 0.4) is 0 Å². The minimum Gasteiger partial charge on any atom is -0.340 e. The van der Waals surface area contributed by atoms with Crippen LogP contribution in [0.4, 0.5) is 0 Å². The van der Waals surface area contributed by atoms with E-state index in [0.29, 0.717) is 6.42 Å². The molecule has 0 spiro atoms. The van der Waals surface area contributed by atoms with Crippen molar-refractivity contribution in [1.82, 2.24) is 9.80 Å². The maximum Gasteiger partial charge on any atom is 0.223 e. The van der Waals surface area contributed by atoms with Crippen molar-refractivity contribution < 1.29 is 4.79 Å². The normalized spacial score (nSPS) is 14.8. The highest BCUT2D eigenvalue weighted by atomic mass is 32.2. The molecule has 0 aromatic heterocycles. The average Bonchev–Trinajstić information content (AvgIpc) is 2.82. The molecule has 0 aliphatic carbocycles. The number of hydrogen-bond donors (Lipinski definition) is 0. The third kappa shape index (κ3) is 5.32. The topological polar surface area (TPSA) is 23.6 Å². The molecule has 0 N–H and O–H groups in total. The SMILES string of the molecule is O=C(CCSc1ccccc1)N1CCN(C(c2ccccc2)c2ccccc2)CC1. The Morgan fingerprint density at radius 3 is 1.77 bits per heavy atom. The third-order valence-corrected chi connectivity index (χ3v) is 6.60. The van der Waals surface area contributed by atoms with Crippen molar-refractivity contribution in [2.24, 2.45) is 0 Å². The zero-order valence-electron chi connectivity index (χ0n) is 17.2. The lowest BCUT2D eigenvalue weighted by atomic mass is 9.96. The quantitative estimate of drug-likeness (QED) is 0.501. The minimum atomic E-state index is 0.235. The smallest absolute Gasteiger partial charge is 0.223 e. The lowest BCUT2D eigenvalue weighted by Gasteiger charge is -2.39. The maximum absolute atomic E-state index is 12.7. The van der Waals surface area contributed by atoms with Crippen molar-refractivity contribution >= 4 is 17.7 Å². The number of rotatable bonds is 7. The second kappa shape index (κ2) is 10.5. The van der Waals surface area contributed by atoms with E-state index in [0.717, 1.165) is 31.9 Å². The Balaban J connectivity index is 1.34. The van der Waals surface area contributed by atoms with Gasteiger partial charge in [0, 0.05) is 43.2 Å². The molecule has 0 saturated carbocycles. The third-order valence-electron chi connectivity index (χ3n) is 5.59. The van der Waals surface area contributed by atoms with Crippen LogP contribution in [0, 0.1) is 0 Å². The fraction of sp³-hybridized carbons (Fsp3) is 0.269. The van der Waals surface area contributed by atoms with Crippen molar-refractivity contribution in [3.63, 3.8) is 0 Å². The summed E-state index contributed by atoms with van der Waals surface area (Å²) in [4.78, 5) is 18.5. The standard InChI is InChI=1S/C26H28N2OS/c29-25(16-21-30-24-14-8-3-9-15-24)27-17-19-28(20-18-27)26(22-10-4-1-5-11-22)23-12-6-2-7-13-23/h1-15,26H,16-21H2. The van der Waals surface area contributed by atoms with Gasteiger partial charge < -0.3 is 4.90 Å². The van der Waals surface area contributed by atoms with E-state index in [9.17, 15) is 4.79 Å². The van der Waals surface area contributed by atoms with Crippen molar-refractivity contribution in [2.45, 2.75) is 17.4 Å². The second-order valence-corrected chi connectivity index (χ2v) is 8.72. The summed E-state index contributed by atoms with van der Waals surface area (Å²) in [5.41, 5.74) is 2.62. The lowest BCUT2D eigenvalue weighted by molar-refractivity contribution is -0.132. The minimum absolute atomic E-state index is 0.235. The van der Waals surface area contributed by atoms with Crippen LogP contribution >= 0.6 is 11.8 Å². The van der Waals surface area contributed by atoms with E-state index in [2.05, 4.69) is 77.7 Å². The summed E-state index contributed by atoms with van der Waals surface area (Å²) >= 11 is 1.75. The zero-order chi connectivity index (χ0) is 20.6.